The van der Waals surface area contributed by atoms with Crippen molar-refractivity contribution in [2.24, 2.45) is 0 Å². The molecule has 1 amide bonds. The van der Waals surface area contributed by atoms with E-state index in [1.54, 1.807) is 24.3 Å². The van der Waals surface area contributed by atoms with Crippen LogP contribution in [0.2, 0.25) is 0 Å². The average Bonchev–Trinajstić information content (AvgIpc) is 2.80. The predicted octanol–water partition coefficient (Wildman–Crippen LogP) is 2.07. The van der Waals surface area contributed by atoms with Crippen molar-refractivity contribution in [2.45, 2.75) is 24.0 Å². The van der Waals surface area contributed by atoms with Crippen molar-refractivity contribution >= 4 is 27.8 Å². The zero-order valence-electron chi connectivity index (χ0n) is 17.5. The van der Waals surface area contributed by atoms with Gasteiger partial charge >= 0.3 is 12.1 Å². The summed E-state index contributed by atoms with van der Waals surface area (Å²) in [5, 5.41) is 13.5. The van der Waals surface area contributed by atoms with Crippen molar-refractivity contribution in [2.75, 3.05) is 20.7 Å². The fourth-order valence-corrected chi connectivity index (χ4v) is 4.06. The van der Waals surface area contributed by atoms with Crippen LogP contribution in [0.1, 0.15) is 12.0 Å². The molecular weight excluding hydrogens is 442 g/mol. The monoisotopic (exact) mass is 465 g/mol. The minimum absolute atomic E-state index is 0.0213. The van der Waals surface area contributed by atoms with Crippen LogP contribution in [0.3, 0.4) is 0 Å². The first-order valence-electron chi connectivity index (χ1n) is 9.41. The smallest absolute Gasteiger partial charge is 0.408 e. The normalized spacial score (nSPS) is 12.1. The number of nitro benzene ring substituents is 1. The molecule has 2 rings (SSSR count). The first-order valence-corrected chi connectivity index (χ1v) is 10.9. The first kappa shape index (κ1) is 24.8. The molecule has 11 nitrogen and oxygen atoms in total. The van der Waals surface area contributed by atoms with Crippen LogP contribution in [0.25, 0.3) is 0 Å². The van der Waals surface area contributed by atoms with Gasteiger partial charge in [0.1, 0.15) is 12.6 Å². The molecule has 0 aliphatic rings. The van der Waals surface area contributed by atoms with Gasteiger partial charge in [-0.3, -0.25) is 10.1 Å². The molecule has 0 aliphatic carbocycles. The Kier molecular flexibility index (Phi) is 8.67. The molecule has 0 bridgehead atoms. The molecule has 0 fully saturated rings. The standard InChI is InChI=1S/C20H23N3O8S/c1-22(32(28,29)18-11-7-6-10-17(18)23(26)27)13-12-16(19(24)30-2)21-20(25)31-14-15-8-4-3-5-9-15/h3-11,16H,12-14H2,1-2H3,(H,21,25). The number of benzene rings is 2. The van der Waals surface area contributed by atoms with Crippen LogP contribution in [0.4, 0.5) is 10.5 Å². The van der Waals surface area contributed by atoms with Gasteiger partial charge in [0.15, 0.2) is 4.90 Å². The Balaban J connectivity index is 2.04. The highest BCUT2D eigenvalue weighted by atomic mass is 32.2. The predicted molar refractivity (Wildman–Crippen MR) is 113 cm³/mol. The molecule has 2 aromatic rings. The van der Waals surface area contributed by atoms with Crippen molar-refractivity contribution in [1.29, 1.82) is 0 Å². The van der Waals surface area contributed by atoms with Gasteiger partial charge in [0.2, 0.25) is 10.0 Å². The highest BCUT2D eigenvalue weighted by molar-refractivity contribution is 7.89. The second kappa shape index (κ2) is 11.2. The van der Waals surface area contributed by atoms with E-state index in [0.717, 1.165) is 29.1 Å². The summed E-state index contributed by atoms with van der Waals surface area (Å²) in [7, 11) is -1.88. The largest absolute Gasteiger partial charge is 0.467 e. The zero-order chi connectivity index (χ0) is 23.7. The molecule has 0 heterocycles. The number of hydrogen-bond acceptors (Lipinski definition) is 8. The Labute approximate surface area is 185 Å². The Morgan fingerprint density at radius 2 is 1.75 bits per heavy atom. The average molecular weight is 465 g/mol. The van der Waals surface area contributed by atoms with Crippen molar-refractivity contribution in [3.63, 3.8) is 0 Å². The number of methoxy groups -OCH3 is 1. The number of ether oxygens (including phenoxy) is 2. The van der Waals surface area contributed by atoms with Crippen LogP contribution in [0.15, 0.2) is 59.5 Å². The summed E-state index contributed by atoms with van der Waals surface area (Å²) in [5.74, 6) is -0.793. The summed E-state index contributed by atoms with van der Waals surface area (Å²) >= 11 is 0. The number of carbonyl (C=O) groups excluding carboxylic acids is 2. The molecule has 1 unspecified atom stereocenters. The van der Waals surface area contributed by atoms with Crippen molar-refractivity contribution in [3.05, 3.63) is 70.3 Å². The molecule has 1 N–H and O–H groups in total. The maximum absolute atomic E-state index is 12.8. The van der Waals surface area contributed by atoms with Gasteiger partial charge in [0, 0.05) is 19.7 Å². The number of sulfonamides is 1. The number of esters is 1. The van der Waals surface area contributed by atoms with Gasteiger partial charge < -0.3 is 14.8 Å². The topological polar surface area (TPSA) is 145 Å². The zero-order valence-corrected chi connectivity index (χ0v) is 18.3. The third kappa shape index (κ3) is 6.49. The molecule has 2 aromatic carbocycles. The van der Waals surface area contributed by atoms with Gasteiger partial charge in [0.25, 0.3) is 5.69 Å². The van der Waals surface area contributed by atoms with E-state index in [1.165, 1.54) is 19.2 Å². The maximum Gasteiger partial charge on any atom is 0.408 e. The third-order valence-corrected chi connectivity index (χ3v) is 6.38. The number of nitrogens with zero attached hydrogens (tertiary/aromatic N) is 2. The van der Waals surface area contributed by atoms with E-state index in [1.807, 2.05) is 6.07 Å². The van der Waals surface area contributed by atoms with Crippen LogP contribution < -0.4 is 5.32 Å². The Bertz CT molecular complexity index is 1060. The van der Waals surface area contributed by atoms with E-state index in [9.17, 15) is 28.1 Å². The van der Waals surface area contributed by atoms with E-state index in [4.69, 9.17) is 4.74 Å². The minimum Gasteiger partial charge on any atom is -0.467 e. The molecule has 0 spiro atoms. The molecule has 32 heavy (non-hydrogen) atoms. The lowest BCUT2D eigenvalue weighted by atomic mass is 10.2. The van der Waals surface area contributed by atoms with Crippen molar-refractivity contribution < 1.29 is 32.4 Å². The first-order chi connectivity index (χ1) is 15.2. The summed E-state index contributed by atoms with van der Waals surface area (Å²) < 4.78 is 36.2. The number of nitrogens with one attached hydrogen (secondary N) is 1. The highest BCUT2D eigenvalue weighted by Gasteiger charge is 2.31. The molecule has 0 radical (unpaired) electrons. The quantitative estimate of drug-likeness (QED) is 0.319. The number of hydrogen-bond donors (Lipinski definition) is 1. The number of para-hydroxylation sites is 1. The van der Waals surface area contributed by atoms with Crippen LogP contribution in [0.5, 0.6) is 0 Å². The van der Waals surface area contributed by atoms with E-state index < -0.39 is 43.6 Å². The lowest BCUT2D eigenvalue weighted by molar-refractivity contribution is -0.387. The highest BCUT2D eigenvalue weighted by Crippen LogP contribution is 2.25. The molecule has 0 aliphatic heterocycles. The van der Waals surface area contributed by atoms with Crippen molar-refractivity contribution in [3.8, 4) is 0 Å². The van der Waals surface area contributed by atoms with Crippen molar-refractivity contribution in [1.82, 2.24) is 9.62 Å². The summed E-state index contributed by atoms with van der Waals surface area (Å²) in [6.45, 7) is -0.250. The van der Waals surface area contributed by atoms with Crippen LogP contribution in [-0.4, -0.2) is 56.5 Å². The number of alkyl carbamates (subject to hydrolysis) is 1. The van der Waals surface area contributed by atoms with E-state index in [0.29, 0.717) is 0 Å². The van der Waals surface area contributed by atoms with Gasteiger partial charge in [-0.05, 0) is 18.1 Å². The minimum atomic E-state index is -4.22. The number of rotatable bonds is 10. The number of nitro groups is 1. The van der Waals surface area contributed by atoms with Gasteiger partial charge in [-0.1, -0.05) is 42.5 Å². The molecule has 172 valence electrons. The Morgan fingerprint density at radius 1 is 1.12 bits per heavy atom. The molecule has 12 heteroatoms. The summed E-state index contributed by atoms with van der Waals surface area (Å²) in [5.41, 5.74) is 0.180. The molecule has 1 atom stereocenters. The number of amides is 1. The Hall–Kier alpha value is -3.51. The fraction of sp³-hybridized carbons (Fsp3) is 0.300. The second-order valence-corrected chi connectivity index (χ2v) is 8.64. The summed E-state index contributed by atoms with van der Waals surface area (Å²) in [4.78, 5) is 34.0. The van der Waals surface area contributed by atoms with E-state index in [-0.39, 0.29) is 19.6 Å². The maximum atomic E-state index is 12.8. The van der Waals surface area contributed by atoms with Crippen LogP contribution >= 0.6 is 0 Å². The molecule has 0 aromatic heterocycles. The molecule has 0 saturated heterocycles. The van der Waals surface area contributed by atoms with E-state index >= 15 is 0 Å². The molecule has 0 saturated carbocycles. The lowest BCUT2D eigenvalue weighted by Gasteiger charge is -2.21. The molecular formula is C20H23N3O8S. The van der Waals surface area contributed by atoms with Gasteiger partial charge in [-0.15, -0.1) is 0 Å². The lowest BCUT2D eigenvalue weighted by Crippen LogP contribution is -2.44. The van der Waals surface area contributed by atoms with Crippen LogP contribution in [0, 0.1) is 10.1 Å². The van der Waals surface area contributed by atoms with Crippen LogP contribution in [-0.2, 0) is 30.9 Å². The third-order valence-electron chi connectivity index (χ3n) is 4.47. The fourth-order valence-electron chi connectivity index (χ4n) is 2.72. The number of carbonyl (C=O) groups is 2. The van der Waals surface area contributed by atoms with Gasteiger partial charge in [-0.25, -0.2) is 22.3 Å². The summed E-state index contributed by atoms with van der Waals surface area (Å²) in [6.07, 6.45) is -1.03. The summed E-state index contributed by atoms with van der Waals surface area (Å²) in [6, 6.07) is 12.6. The van der Waals surface area contributed by atoms with Gasteiger partial charge in [-0.2, -0.15) is 0 Å². The second-order valence-electron chi connectivity index (χ2n) is 6.62. The van der Waals surface area contributed by atoms with E-state index in [2.05, 4.69) is 10.1 Å². The van der Waals surface area contributed by atoms with Gasteiger partial charge in [0.05, 0.1) is 12.0 Å². The Morgan fingerprint density at radius 3 is 2.38 bits per heavy atom. The SMILES string of the molecule is COC(=O)C(CCN(C)S(=O)(=O)c1ccccc1[N+](=O)[O-])NC(=O)OCc1ccccc1.